The zero-order valence-corrected chi connectivity index (χ0v) is 14.6. The number of carboxylic acid groups (broad SMARTS) is 1. The Morgan fingerprint density at radius 3 is 2.42 bits per heavy atom. The molecular formula is C17H29N3O4. The number of carbonyl (C=O) groups is 3. The highest BCUT2D eigenvalue weighted by Gasteiger charge is 2.41. The van der Waals surface area contributed by atoms with Gasteiger partial charge in [-0.1, -0.05) is 19.3 Å². The molecule has 0 aromatic heterocycles. The van der Waals surface area contributed by atoms with Gasteiger partial charge < -0.3 is 20.6 Å². The summed E-state index contributed by atoms with van der Waals surface area (Å²) in [6.07, 6.45) is 5.43. The molecule has 2 fully saturated rings. The van der Waals surface area contributed by atoms with E-state index in [1.165, 1.54) is 0 Å². The van der Waals surface area contributed by atoms with Gasteiger partial charge in [-0.2, -0.15) is 0 Å². The minimum Gasteiger partial charge on any atom is -0.481 e. The van der Waals surface area contributed by atoms with Gasteiger partial charge in [0.1, 0.15) is 6.04 Å². The Kier molecular flexibility index (Phi) is 6.07. The Labute approximate surface area is 143 Å². The van der Waals surface area contributed by atoms with Gasteiger partial charge >= 0.3 is 12.0 Å². The van der Waals surface area contributed by atoms with Crippen LogP contribution in [0.2, 0.25) is 0 Å². The standard InChI is InChI=1S/C17H29N3O4/c1-12(2)19-16(24)20-10-6-7-13(20)14(21)18-11-17(15(22)23)8-4-3-5-9-17/h12-13H,3-11H2,1-2H3,(H,18,21)(H,19,24)(H,22,23)/t13-/m0/s1. The Morgan fingerprint density at radius 1 is 1.17 bits per heavy atom. The summed E-state index contributed by atoms with van der Waals surface area (Å²) in [6.45, 7) is 4.46. The second-order valence-electron chi connectivity index (χ2n) is 7.32. The second kappa shape index (κ2) is 7.85. The van der Waals surface area contributed by atoms with Crippen LogP contribution in [0.25, 0.3) is 0 Å². The van der Waals surface area contributed by atoms with Crippen molar-refractivity contribution in [3.8, 4) is 0 Å². The number of aliphatic carboxylic acids is 1. The van der Waals surface area contributed by atoms with Crippen molar-refractivity contribution in [2.45, 2.75) is 70.9 Å². The van der Waals surface area contributed by atoms with Crippen LogP contribution in [0.15, 0.2) is 0 Å². The van der Waals surface area contributed by atoms with Crippen molar-refractivity contribution in [3.63, 3.8) is 0 Å². The van der Waals surface area contributed by atoms with Crippen LogP contribution in [0.4, 0.5) is 4.79 Å². The number of carbonyl (C=O) groups excluding carboxylic acids is 2. The van der Waals surface area contributed by atoms with Crippen LogP contribution in [-0.2, 0) is 9.59 Å². The molecule has 3 amide bonds. The highest BCUT2D eigenvalue weighted by atomic mass is 16.4. The highest BCUT2D eigenvalue weighted by Crippen LogP contribution is 2.36. The molecule has 0 radical (unpaired) electrons. The summed E-state index contributed by atoms with van der Waals surface area (Å²) in [6, 6.07) is -0.717. The van der Waals surface area contributed by atoms with Crippen molar-refractivity contribution in [2.75, 3.05) is 13.1 Å². The van der Waals surface area contributed by atoms with Gasteiger partial charge in [-0.3, -0.25) is 9.59 Å². The number of nitrogens with one attached hydrogen (secondary N) is 2. The molecule has 1 saturated carbocycles. The Balaban J connectivity index is 1.95. The minimum atomic E-state index is -0.850. The molecule has 0 bridgehead atoms. The van der Waals surface area contributed by atoms with E-state index in [0.717, 1.165) is 25.7 Å². The third-order valence-corrected chi connectivity index (χ3v) is 5.09. The zero-order valence-electron chi connectivity index (χ0n) is 14.6. The number of hydrogen-bond acceptors (Lipinski definition) is 3. The maximum Gasteiger partial charge on any atom is 0.318 e. The summed E-state index contributed by atoms with van der Waals surface area (Å²) >= 11 is 0. The summed E-state index contributed by atoms with van der Waals surface area (Å²) in [7, 11) is 0. The van der Waals surface area contributed by atoms with Gasteiger partial charge in [0, 0.05) is 19.1 Å². The van der Waals surface area contributed by atoms with E-state index >= 15 is 0 Å². The number of carboxylic acids is 1. The van der Waals surface area contributed by atoms with Gasteiger partial charge in [-0.15, -0.1) is 0 Å². The number of hydrogen-bond donors (Lipinski definition) is 3. The van der Waals surface area contributed by atoms with Crippen LogP contribution in [0.1, 0.15) is 58.8 Å². The number of rotatable bonds is 5. The highest BCUT2D eigenvalue weighted by molar-refractivity contribution is 5.88. The smallest absolute Gasteiger partial charge is 0.318 e. The molecule has 1 atom stereocenters. The lowest BCUT2D eigenvalue weighted by atomic mass is 9.74. The molecule has 0 aromatic rings. The Morgan fingerprint density at radius 2 is 1.83 bits per heavy atom. The minimum absolute atomic E-state index is 0.0133. The van der Waals surface area contributed by atoms with E-state index in [1.54, 1.807) is 4.90 Å². The molecule has 1 saturated heterocycles. The molecule has 2 rings (SSSR count). The number of likely N-dealkylation sites (tertiary alicyclic amines) is 1. The molecule has 136 valence electrons. The molecule has 0 spiro atoms. The maximum absolute atomic E-state index is 12.5. The number of nitrogens with zero attached hydrogens (tertiary/aromatic N) is 1. The van der Waals surface area contributed by atoms with Crippen LogP contribution in [0, 0.1) is 5.41 Å². The molecule has 0 aromatic carbocycles. The Hall–Kier alpha value is -1.79. The molecule has 0 unspecified atom stereocenters. The van der Waals surface area contributed by atoms with Crippen LogP contribution in [0.5, 0.6) is 0 Å². The summed E-state index contributed by atoms with van der Waals surface area (Å²) < 4.78 is 0. The lowest BCUT2D eigenvalue weighted by Gasteiger charge is -2.34. The molecule has 1 aliphatic carbocycles. The van der Waals surface area contributed by atoms with Crippen molar-refractivity contribution in [1.29, 1.82) is 0 Å². The van der Waals surface area contributed by atoms with Crippen LogP contribution >= 0.6 is 0 Å². The predicted molar refractivity (Wildman–Crippen MR) is 89.6 cm³/mol. The van der Waals surface area contributed by atoms with Crippen LogP contribution in [0.3, 0.4) is 0 Å². The summed E-state index contributed by atoms with van der Waals surface area (Å²) in [5.41, 5.74) is -0.850. The first-order chi connectivity index (χ1) is 11.4. The van der Waals surface area contributed by atoms with Gasteiger partial charge in [-0.25, -0.2) is 4.79 Å². The van der Waals surface area contributed by atoms with E-state index in [-0.39, 0.29) is 24.5 Å². The summed E-state index contributed by atoms with van der Waals surface area (Å²) in [5, 5.41) is 15.2. The topological polar surface area (TPSA) is 98.7 Å². The molecule has 1 aliphatic heterocycles. The predicted octanol–water partition coefficient (Wildman–Crippen LogP) is 1.72. The average Bonchev–Trinajstić information content (AvgIpc) is 3.02. The maximum atomic E-state index is 12.5. The van der Waals surface area contributed by atoms with Gasteiger partial charge in [0.2, 0.25) is 5.91 Å². The number of amides is 3. The fourth-order valence-corrected chi connectivity index (χ4v) is 3.68. The monoisotopic (exact) mass is 339 g/mol. The Bertz CT molecular complexity index is 486. The quantitative estimate of drug-likeness (QED) is 0.710. The average molecular weight is 339 g/mol. The second-order valence-corrected chi connectivity index (χ2v) is 7.32. The molecule has 3 N–H and O–H groups in total. The molecule has 1 heterocycles. The molecule has 24 heavy (non-hydrogen) atoms. The third-order valence-electron chi connectivity index (χ3n) is 5.09. The van der Waals surface area contributed by atoms with Crippen molar-refractivity contribution >= 4 is 17.9 Å². The SMILES string of the molecule is CC(C)NC(=O)N1CCC[C@H]1C(=O)NCC1(C(=O)O)CCCCC1. The summed E-state index contributed by atoms with van der Waals surface area (Å²) in [4.78, 5) is 38.0. The fraction of sp³-hybridized carbons (Fsp3) is 0.824. The summed E-state index contributed by atoms with van der Waals surface area (Å²) in [5.74, 6) is -1.07. The first-order valence-corrected chi connectivity index (χ1v) is 8.94. The van der Waals surface area contributed by atoms with E-state index in [1.807, 2.05) is 13.8 Å². The lowest BCUT2D eigenvalue weighted by molar-refractivity contribution is -0.151. The molecular weight excluding hydrogens is 310 g/mol. The molecule has 7 nitrogen and oxygen atoms in total. The van der Waals surface area contributed by atoms with E-state index in [9.17, 15) is 19.5 Å². The van der Waals surface area contributed by atoms with E-state index in [4.69, 9.17) is 0 Å². The van der Waals surface area contributed by atoms with Crippen molar-refractivity contribution in [3.05, 3.63) is 0 Å². The van der Waals surface area contributed by atoms with Gasteiger partial charge in [0.25, 0.3) is 0 Å². The van der Waals surface area contributed by atoms with Crippen molar-refractivity contribution < 1.29 is 19.5 Å². The van der Waals surface area contributed by atoms with Gasteiger partial charge in [-0.05, 0) is 39.5 Å². The molecule has 7 heteroatoms. The van der Waals surface area contributed by atoms with E-state index in [0.29, 0.717) is 25.8 Å². The molecule has 2 aliphatic rings. The third kappa shape index (κ3) is 4.19. The number of urea groups is 1. The van der Waals surface area contributed by atoms with Crippen molar-refractivity contribution in [1.82, 2.24) is 15.5 Å². The largest absolute Gasteiger partial charge is 0.481 e. The van der Waals surface area contributed by atoms with Gasteiger partial charge in [0.05, 0.1) is 5.41 Å². The lowest BCUT2D eigenvalue weighted by Crippen LogP contribution is -2.53. The first kappa shape index (κ1) is 18.5. The van der Waals surface area contributed by atoms with E-state index in [2.05, 4.69) is 10.6 Å². The van der Waals surface area contributed by atoms with Gasteiger partial charge in [0.15, 0.2) is 0 Å². The van der Waals surface area contributed by atoms with Crippen LogP contribution in [-0.4, -0.2) is 53.1 Å². The van der Waals surface area contributed by atoms with E-state index < -0.39 is 17.4 Å². The van der Waals surface area contributed by atoms with Crippen molar-refractivity contribution in [2.24, 2.45) is 5.41 Å². The normalized spacial score (nSPS) is 23.1. The van der Waals surface area contributed by atoms with Crippen LogP contribution < -0.4 is 10.6 Å². The zero-order chi connectivity index (χ0) is 17.7. The first-order valence-electron chi connectivity index (χ1n) is 8.94. The fourth-order valence-electron chi connectivity index (χ4n) is 3.68.